The van der Waals surface area contributed by atoms with Gasteiger partial charge in [0.15, 0.2) is 12.0 Å². The zero-order valence-corrected chi connectivity index (χ0v) is 11.7. The summed E-state index contributed by atoms with van der Waals surface area (Å²) in [4.78, 5) is 3.98. The first-order chi connectivity index (χ1) is 9.16. The van der Waals surface area contributed by atoms with Crippen molar-refractivity contribution in [3.05, 3.63) is 45.4 Å². The van der Waals surface area contributed by atoms with Crippen molar-refractivity contribution in [2.45, 2.75) is 18.6 Å². The van der Waals surface area contributed by atoms with E-state index in [9.17, 15) is 8.78 Å². The van der Waals surface area contributed by atoms with Gasteiger partial charge in [0.05, 0.1) is 13.2 Å². The number of alkyl halides is 2. The molecule has 0 aliphatic carbocycles. The molecule has 19 heavy (non-hydrogen) atoms. The standard InChI is InChI=1S/C11H9ClFN3S.CH3F/c12-7-4-2-1-3-6(7)9-5-8(13)10-14-11(17)15-16(9)10;1-2/h1-4,8-9H,5H2,(H,15,17);1H3. The molecule has 0 amide bonds. The summed E-state index contributed by atoms with van der Waals surface area (Å²) in [6.45, 7) is 0. The van der Waals surface area contributed by atoms with E-state index in [0.717, 1.165) is 5.56 Å². The first-order valence-electron chi connectivity index (χ1n) is 5.61. The molecule has 1 aromatic carbocycles. The van der Waals surface area contributed by atoms with Crippen LogP contribution >= 0.6 is 23.8 Å². The number of H-pyrrole nitrogens is 1. The van der Waals surface area contributed by atoms with Crippen LogP contribution in [0.5, 0.6) is 0 Å². The van der Waals surface area contributed by atoms with Crippen molar-refractivity contribution < 1.29 is 8.78 Å². The molecule has 2 atom stereocenters. The first kappa shape index (κ1) is 14.1. The molecule has 0 bridgehead atoms. The summed E-state index contributed by atoms with van der Waals surface area (Å²) in [6.07, 6.45) is -0.748. The summed E-state index contributed by atoms with van der Waals surface area (Å²) in [5.74, 6) is 0.361. The largest absolute Gasteiger partial charge is 0.270 e. The summed E-state index contributed by atoms with van der Waals surface area (Å²) in [5.41, 5.74) is 0.888. The van der Waals surface area contributed by atoms with Gasteiger partial charge < -0.3 is 0 Å². The van der Waals surface area contributed by atoms with Crippen LogP contribution < -0.4 is 0 Å². The average molecular weight is 304 g/mol. The number of hydrogen-bond donors (Lipinski definition) is 1. The van der Waals surface area contributed by atoms with Crippen LogP contribution in [0.2, 0.25) is 5.02 Å². The van der Waals surface area contributed by atoms with Gasteiger partial charge in [0.25, 0.3) is 0 Å². The van der Waals surface area contributed by atoms with E-state index in [1.165, 1.54) is 0 Å². The number of fused-ring (bicyclic) bond motifs is 1. The third kappa shape index (κ3) is 2.55. The van der Waals surface area contributed by atoms with E-state index >= 15 is 0 Å². The molecule has 2 aromatic rings. The Morgan fingerprint density at radius 1 is 1.42 bits per heavy atom. The summed E-state index contributed by atoms with van der Waals surface area (Å²) in [5, 5.41) is 3.51. The molecule has 2 unspecified atom stereocenters. The fourth-order valence-corrected chi connectivity index (χ4v) is 2.67. The van der Waals surface area contributed by atoms with Gasteiger partial charge in [-0.25, -0.2) is 9.37 Å². The minimum absolute atomic E-state index is 0.155. The first-order valence-corrected chi connectivity index (χ1v) is 6.40. The topological polar surface area (TPSA) is 33.6 Å². The second kappa shape index (κ2) is 5.79. The van der Waals surface area contributed by atoms with Crippen molar-refractivity contribution in [3.8, 4) is 0 Å². The van der Waals surface area contributed by atoms with Gasteiger partial charge in [-0.05, 0) is 23.8 Å². The zero-order chi connectivity index (χ0) is 14.0. The van der Waals surface area contributed by atoms with Gasteiger partial charge in [0.2, 0.25) is 4.77 Å². The van der Waals surface area contributed by atoms with Crippen molar-refractivity contribution in [2.75, 3.05) is 7.18 Å². The quantitative estimate of drug-likeness (QED) is 0.802. The lowest BCUT2D eigenvalue weighted by Gasteiger charge is -2.13. The summed E-state index contributed by atoms with van der Waals surface area (Å²) >= 11 is 11.1. The number of aromatic amines is 1. The molecular weight excluding hydrogens is 292 g/mol. The smallest absolute Gasteiger partial charge is 0.213 e. The Morgan fingerprint density at radius 3 is 2.79 bits per heavy atom. The molecule has 3 rings (SSSR count). The Balaban J connectivity index is 0.000000637. The number of nitrogens with zero attached hydrogens (tertiary/aromatic N) is 2. The van der Waals surface area contributed by atoms with Crippen molar-refractivity contribution in [3.63, 3.8) is 0 Å². The van der Waals surface area contributed by atoms with Crippen LogP contribution in [0.15, 0.2) is 24.3 Å². The highest BCUT2D eigenvalue weighted by Crippen LogP contribution is 2.40. The molecule has 0 fully saturated rings. The molecule has 1 N–H and O–H groups in total. The molecular formula is C12H12ClF2N3S. The number of benzene rings is 1. The van der Waals surface area contributed by atoms with Crippen LogP contribution in [0.1, 0.15) is 30.0 Å². The maximum absolute atomic E-state index is 13.8. The van der Waals surface area contributed by atoms with Crippen LogP contribution in [-0.2, 0) is 0 Å². The summed E-state index contributed by atoms with van der Waals surface area (Å²) in [6, 6.07) is 7.28. The van der Waals surface area contributed by atoms with Gasteiger partial charge in [-0.2, -0.15) is 0 Å². The Labute approximate surface area is 119 Å². The molecule has 0 saturated carbocycles. The zero-order valence-electron chi connectivity index (χ0n) is 10.1. The van der Waals surface area contributed by atoms with E-state index < -0.39 is 6.17 Å². The van der Waals surface area contributed by atoms with Gasteiger partial charge >= 0.3 is 0 Å². The third-order valence-electron chi connectivity index (χ3n) is 2.97. The van der Waals surface area contributed by atoms with Crippen LogP contribution in [0, 0.1) is 4.77 Å². The highest BCUT2D eigenvalue weighted by Gasteiger charge is 2.34. The number of hydrogen-bond acceptors (Lipinski definition) is 2. The Kier molecular flexibility index (Phi) is 4.31. The second-order valence-corrected chi connectivity index (χ2v) is 4.79. The van der Waals surface area contributed by atoms with Crippen LogP contribution in [-0.4, -0.2) is 21.9 Å². The van der Waals surface area contributed by atoms with Crippen LogP contribution in [0.4, 0.5) is 8.78 Å². The minimum Gasteiger partial charge on any atom is -0.270 e. The molecule has 0 saturated heterocycles. The van der Waals surface area contributed by atoms with Crippen molar-refractivity contribution in [2.24, 2.45) is 0 Å². The average Bonchev–Trinajstić information content (AvgIpc) is 2.93. The second-order valence-electron chi connectivity index (χ2n) is 4.00. The van der Waals surface area contributed by atoms with Crippen molar-refractivity contribution in [1.29, 1.82) is 0 Å². The predicted molar refractivity (Wildman–Crippen MR) is 72.5 cm³/mol. The third-order valence-corrected chi connectivity index (χ3v) is 3.49. The summed E-state index contributed by atoms with van der Waals surface area (Å²) in [7, 11) is 0.500. The molecule has 7 heteroatoms. The van der Waals surface area contributed by atoms with Crippen molar-refractivity contribution >= 4 is 23.8 Å². The lowest BCUT2D eigenvalue weighted by atomic mass is 10.0. The lowest BCUT2D eigenvalue weighted by Crippen LogP contribution is -2.07. The SMILES string of the molecule is CF.FC1CC(c2ccccc2Cl)n2[nH]c(=S)nc21. The molecule has 1 aliphatic heterocycles. The number of nitrogens with one attached hydrogen (secondary N) is 1. The van der Waals surface area contributed by atoms with E-state index in [1.54, 1.807) is 10.7 Å². The van der Waals surface area contributed by atoms with E-state index in [2.05, 4.69) is 10.1 Å². The van der Waals surface area contributed by atoms with Gasteiger partial charge in [0.1, 0.15) is 0 Å². The van der Waals surface area contributed by atoms with Crippen LogP contribution in [0.25, 0.3) is 0 Å². The fraction of sp³-hybridized carbons (Fsp3) is 0.333. The highest BCUT2D eigenvalue weighted by atomic mass is 35.5. The molecule has 0 spiro atoms. The van der Waals surface area contributed by atoms with E-state index in [0.29, 0.717) is 29.2 Å². The molecule has 1 aliphatic rings. The monoisotopic (exact) mass is 303 g/mol. The molecule has 0 radical (unpaired) electrons. The van der Waals surface area contributed by atoms with E-state index in [-0.39, 0.29) is 6.04 Å². The fourth-order valence-electron chi connectivity index (χ4n) is 2.22. The summed E-state index contributed by atoms with van der Waals surface area (Å²) < 4.78 is 25.3. The predicted octanol–water partition coefficient (Wildman–Crippen LogP) is 4.18. The Morgan fingerprint density at radius 2 is 2.11 bits per heavy atom. The number of aromatic nitrogens is 3. The Bertz CT molecular complexity index is 625. The van der Waals surface area contributed by atoms with Crippen LogP contribution in [0.3, 0.4) is 0 Å². The minimum atomic E-state index is -1.09. The highest BCUT2D eigenvalue weighted by molar-refractivity contribution is 7.71. The maximum atomic E-state index is 13.8. The van der Waals surface area contributed by atoms with Gasteiger partial charge in [-0.1, -0.05) is 29.8 Å². The number of rotatable bonds is 1. The van der Waals surface area contributed by atoms with Gasteiger partial charge in [-0.15, -0.1) is 0 Å². The maximum Gasteiger partial charge on any atom is 0.213 e. The normalized spacial score (nSPS) is 20.6. The van der Waals surface area contributed by atoms with Gasteiger partial charge in [-0.3, -0.25) is 14.2 Å². The lowest BCUT2D eigenvalue weighted by molar-refractivity contribution is 0.328. The molecule has 3 nitrogen and oxygen atoms in total. The Hall–Kier alpha value is -1.27. The molecule has 2 heterocycles. The molecule has 1 aromatic heterocycles. The van der Waals surface area contributed by atoms with Crippen molar-refractivity contribution in [1.82, 2.24) is 14.8 Å². The molecule has 102 valence electrons. The van der Waals surface area contributed by atoms with E-state index in [4.69, 9.17) is 23.8 Å². The van der Waals surface area contributed by atoms with E-state index in [1.807, 2.05) is 18.2 Å². The number of halogens is 3. The van der Waals surface area contributed by atoms with Gasteiger partial charge in [0, 0.05) is 11.4 Å².